The van der Waals surface area contributed by atoms with Crippen LogP contribution in [0.5, 0.6) is 5.75 Å². The number of alkyl halides is 6. The molecule has 3 saturated heterocycles. The first-order valence-electron chi connectivity index (χ1n) is 28.7. The number of hydrazone groups is 1. The third-order valence-electron chi connectivity index (χ3n) is 14.6. The Labute approximate surface area is 511 Å². The number of nitrogens with zero attached hydrogens (tertiary/aromatic N) is 4. The quantitative estimate of drug-likeness (QED) is 0.00854. The number of terminal acetylenes is 1. The number of benzene rings is 1. The molecule has 84 heavy (non-hydrogen) atoms. The average Bonchev–Trinajstić information content (AvgIpc) is 1.05. The summed E-state index contributed by atoms with van der Waals surface area (Å²) in [5, 5.41) is 27.9. The lowest BCUT2D eigenvalue weighted by Gasteiger charge is -2.71. The molecule has 4 saturated carbocycles. The molecule has 3 aromatic rings. The van der Waals surface area contributed by atoms with E-state index < -0.39 is 17.9 Å². The number of pyridine rings is 1. The van der Waals surface area contributed by atoms with Crippen molar-refractivity contribution >= 4 is 68.3 Å². The summed E-state index contributed by atoms with van der Waals surface area (Å²) in [5.41, 5.74) is 2.41. The molecular weight excluding hydrogens is 1160 g/mol. The molecule has 4 aliphatic carbocycles. The second kappa shape index (κ2) is 36.1. The molecule has 10 rings (SSSR count). The molecule has 7 fully saturated rings. The number of ether oxygens (including phenoxy) is 2. The van der Waals surface area contributed by atoms with Gasteiger partial charge in [-0.3, -0.25) is 4.90 Å². The summed E-state index contributed by atoms with van der Waals surface area (Å²) >= 11 is 2.46. The molecule has 1 spiro atoms. The number of thioether (sulfide) groups is 1. The van der Waals surface area contributed by atoms with E-state index in [1.165, 1.54) is 61.4 Å². The summed E-state index contributed by atoms with van der Waals surface area (Å²) in [6.45, 7) is 34.1. The number of allylic oxidation sites excluding steroid dienone is 2. The number of thiol groups is 1. The number of anilines is 2. The van der Waals surface area contributed by atoms with Crippen molar-refractivity contribution in [2.45, 2.75) is 133 Å². The Morgan fingerprint density at radius 3 is 2.27 bits per heavy atom. The number of hydrogen-bond donors (Lipinski definition) is 7. The monoisotopic (exact) mass is 1250 g/mol. The molecule has 2 atom stereocenters. The molecular formula is C62H94F6N10O2P2S2. The Morgan fingerprint density at radius 1 is 1.07 bits per heavy atom. The van der Waals surface area contributed by atoms with Crippen LogP contribution in [0.1, 0.15) is 106 Å². The van der Waals surface area contributed by atoms with Gasteiger partial charge in [0.2, 0.25) is 0 Å². The second-order valence-electron chi connectivity index (χ2n) is 21.9. The standard InChI is InChI=1S/C26H29F3N5OPS.C14H24N2O.C12H21FN3P.C4H8.C3H4.C2H6.CH2F2S/c1-35-22-14-18(36(2)3)9-10-19(22)31-12-5-6-20-24(37-26(27,28)29)21-7-4-8-23(34(21)33-20)32-25-11-13-30-16-17(25)15-25;1-2-15-13-4-3-5-14(6-13,7-13)16-8-12(9-16)10-17-11-12;1-5-12(17(3)4)10-15-8-6-7-11(9-13)16-14-2;1-4(2)3;1-3-2;1-2;2-1(3)4/h4,7-10,14,17,30-32H,11-13,15-16H2,1-3H3;15H,2-11H2,1H3;10,14-15H,5,8-9H2,1-4H3;1H2,2-3H3;1H,2H3;1-2H3;1,4H/b;;12-10+,16-11-;;;;. The highest BCUT2D eigenvalue weighted by molar-refractivity contribution is 8.00. The van der Waals surface area contributed by atoms with E-state index in [-0.39, 0.29) is 56.0 Å². The summed E-state index contributed by atoms with van der Waals surface area (Å²) in [4.78, 5) is 2.80. The van der Waals surface area contributed by atoms with Gasteiger partial charge in [0.25, 0.3) is 5.76 Å². The number of fused-ring (bicyclic) bond motifs is 4. The first kappa shape index (κ1) is 74.0. The van der Waals surface area contributed by atoms with Gasteiger partial charge in [0.15, 0.2) is 0 Å². The molecule has 5 heterocycles. The van der Waals surface area contributed by atoms with Crippen molar-refractivity contribution in [2.24, 2.45) is 16.4 Å². The average molecular weight is 1250 g/mol. The van der Waals surface area contributed by atoms with Gasteiger partial charge in [-0.2, -0.15) is 32.2 Å². The van der Waals surface area contributed by atoms with Gasteiger partial charge in [-0.15, -0.1) is 31.6 Å². The molecule has 7 aliphatic rings. The number of halogens is 6. The van der Waals surface area contributed by atoms with Gasteiger partial charge in [0.1, 0.15) is 29.6 Å². The van der Waals surface area contributed by atoms with Crippen LogP contribution in [-0.2, 0) is 4.74 Å². The Kier molecular flexibility index (Phi) is 31.8. The smallest absolute Gasteiger partial charge is 0.446 e. The van der Waals surface area contributed by atoms with E-state index in [9.17, 15) is 26.3 Å². The number of hydrogen-bond acceptors (Lipinski definition) is 13. The molecule has 0 amide bonds. The van der Waals surface area contributed by atoms with E-state index in [4.69, 9.17) is 9.47 Å². The number of likely N-dealkylation sites (tertiary alicyclic amines) is 1. The number of rotatable bonds is 16. The van der Waals surface area contributed by atoms with Crippen molar-refractivity contribution in [2.75, 3.05) is 117 Å². The van der Waals surface area contributed by atoms with Crippen molar-refractivity contribution in [3.63, 3.8) is 0 Å². The molecule has 0 radical (unpaired) electrons. The fourth-order valence-electron chi connectivity index (χ4n) is 10.9. The minimum atomic E-state index is -4.45. The molecule has 2 bridgehead atoms. The van der Waals surface area contributed by atoms with Gasteiger partial charge >= 0.3 is 5.51 Å². The van der Waals surface area contributed by atoms with Crippen molar-refractivity contribution in [3.8, 4) is 41.8 Å². The van der Waals surface area contributed by atoms with E-state index >= 15 is 0 Å². The number of nitrogens with one attached hydrogen (secondary N) is 6. The molecule has 1 aromatic carbocycles. The van der Waals surface area contributed by atoms with Crippen LogP contribution in [0.2, 0.25) is 0 Å². The Balaban J connectivity index is 0.000000327. The number of piperidine rings is 1. The van der Waals surface area contributed by atoms with Crippen LogP contribution in [0.15, 0.2) is 70.1 Å². The summed E-state index contributed by atoms with van der Waals surface area (Å²) in [7, 11) is 2.92. The highest BCUT2D eigenvalue weighted by Gasteiger charge is 2.64. The maximum Gasteiger partial charge on any atom is 0.446 e. The zero-order chi connectivity index (χ0) is 62.7. The highest BCUT2D eigenvalue weighted by Crippen LogP contribution is 2.59. The van der Waals surface area contributed by atoms with Crippen molar-refractivity contribution in [3.05, 3.63) is 65.8 Å². The predicted molar refractivity (Wildman–Crippen MR) is 350 cm³/mol. The fourth-order valence-corrected chi connectivity index (χ4v) is 13.3. The van der Waals surface area contributed by atoms with E-state index in [1.807, 2.05) is 58.2 Å². The lowest BCUT2D eigenvalue weighted by atomic mass is 9.52. The van der Waals surface area contributed by atoms with Crippen LogP contribution in [0.3, 0.4) is 0 Å². The van der Waals surface area contributed by atoms with Crippen molar-refractivity contribution in [1.29, 1.82) is 0 Å². The van der Waals surface area contributed by atoms with Gasteiger partial charge < -0.3 is 41.5 Å². The third kappa shape index (κ3) is 22.8. The van der Waals surface area contributed by atoms with Gasteiger partial charge in [0.05, 0.1) is 49.5 Å². The molecule has 468 valence electrons. The van der Waals surface area contributed by atoms with Crippen LogP contribution < -0.4 is 42.1 Å². The van der Waals surface area contributed by atoms with E-state index in [0.717, 1.165) is 57.8 Å². The summed E-state index contributed by atoms with van der Waals surface area (Å²) in [6.07, 6.45) is 16.8. The maximum absolute atomic E-state index is 13.5. The van der Waals surface area contributed by atoms with Crippen molar-refractivity contribution in [1.82, 2.24) is 35.9 Å². The highest BCUT2D eigenvalue weighted by atomic mass is 32.2. The van der Waals surface area contributed by atoms with Gasteiger partial charge in [-0.1, -0.05) is 73.1 Å². The Bertz CT molecular complexity index is 2740. The van der Waals surface area contributed by atoms with Crippen LogP contribution >= 0.6 is 40.2 Å². The van der Waals surface area contributed by atoms with E-state index in [2.05, 4.69) is 143 Å². The summed E-state index contributed by atoms with van der Waals surface area (Å²) in [5.74, 6) is 13.0. The second-order valence-corrected chi connectivity index (χ2v) is 28.0. The van der Waals surface area contributed by atoms with Gasteiger partial charge in [-0.05, 0) is 176 Å². The molecule has 22 heteroatoms. The summed E-state index contributed by atoms with van der Waals surface area (Å²) < 4.78 is 85.6. The molecule has 6 N–H and O–H groups in total. The van der Waals surface area contributed by atoms with Crippen LogP contribution in [0.4, 0.5) is 37.8 Å². The molecule has 12 nitrogen and oxygen atoms in total. The van der Waals surface area contributed by atoms with Crippen LogP contribution in [0, 0.1) is 47.4 Å². The SMILES string of the molecule is C#CC.C=C(C)C.CC.CC/C(=C\NCC#C/C(CF)=N/NC)P(C)C.CCNC12CCCC(N3CC4(COC4)C3)(C1)C2.COc1cc(P(C)C)ccc1NCC#Cc1nn2c(NC34CCNCC3C4)cccc2c1SC(F)(F)F.FC(F)S. The van der Waals surface area contributed by atoms with Gasteiger partial charge in [0, 0.05) is 54.9 Å². The minimum absolute atomic E-state index is 0.0100. The number of methoxy groups -OCH3 is 1. The first-order chi connectivity index (χ1) is 39.9. The largest absolute Gasteiger partial charge is 0.495 e. The summed E-state index contributed by atoms with van der Waals surface area (Å²) in [6, 6.07) is 11.3. The lowest BCUT2D eigenvalue weighted by Crippen LogP contribution is -2.79. The van der Waals surface area contributed by atoms with Crippen LogP contribution in [0.25, 0.3) is 5.52 Å². The Morgan fingerprint density at radius 2 is 1.74 bits per heavy atom. The number of aromatic nitrogens is 2. The zero-order valence-corrected chi connectivity index (χ0v) is 55.3. The van der Waals surface area contributed by atoms with Crippen molar-refractivity contribution < 1.29 is 35.8 Å². The Hall–Kier alpha value is -4.28. The predicted octanol–water partition coefficient (Wildman–Crippen LogP) is 12.8. The topological polar surface area (TPSA) is 124 Å². The third-order valence-corrected chi connectivity index (χ3v) is 18.3. The van der Waals surface area contributed by atoms with E-state index in [0.29, 0.717) is 46.0 Å². The van der Waals surface area contributed by atoms with E-state index in [1.54, 1.807) is 37.7 Å². The van der Waals surface area contributed by atoms with Gasteiger partial charge in [-0.25, -0.2) is 8.91 Å². The minimum Gasteiger partial charge on any atom is -0.495 e. The first-order valence-corrected chi connectivity index (χ1v) is 34.5. The molecule has 3 aliphatic heterocycles. The zero-order valence-electron chi connectivity index (χ0n) is 51.8. The normalized spacial score (nSPS) is 22.0. The molecule has 2 aromatic heterocycles. The lowest BCUT2D eigenvalue weighted by molar-refractivity contribution is -0.242. The fraction of sp³-hybridized carbons (Fsp3) is 0.613. The molecule has 2 unspecified atom stereocenters. The van der Waals surface area contributed by atoms with Crippen LogP contribution in [-0.4, -0.2) is 155 Å². The maximum atomic E-state index is 13.5.